The third kappa shape index (κ3) is 3.70. The molecule has 0 aromatic carbocycles. The molecule has 0 spiro atoms. The summed E-state index contributed by atoms with van der Waals surface area (Å²) >= 11 is 0. The van der Waals surface area contributed by atoms with E-state index in [-0.39, 0.29) is 0 Å². The Kier molecular flexibility index (Phi) is 4.75. The van der Waals surface area contributed by atoms with Crippen LogP contribution < -0.4 is 5.32 Å². The van der Waals surface area contributed by atoms with Crippen molar-refractivity contribution in [2.45, 2.75) is 12.6 Å². The van der Waals surface area contributed by atoms with Gasteiger partial charge in [-0.2, -0.15) is 0 Å². The monoisotopic (exact) mass is 188 g/mol. The Morgan fingerprint density at radius 2 is 1.92 bits per heavy atom. The van der Waals surface area contributed by atoms with E-state index >= 15 is 0 Å². The number of aliphatic hydroxyl groups excluding tert-OH is 2. The van der Waals surface area contributed by atoms with Crippen molar-refractivity contribution in [3.8, 4) is 0 Å². The minimum atomic E-state index is -1.98. The molecule has 6 nitrogen and oxygen atoms in total. The van der Waals surface area contributed by atoms with Gasteiger partial charge >= 0.3 is 6.03 Å². The smallest absolute Gasteiger partial charge is 0.327 e. The topological polar surface area (TPSA) is 93.0 Å². The molecule has 0 radical (unpaired) electrons. The number of amides is 2. The fourth-order valence-corrected chi connectivity index (χ4v) is 0.610. The number of aliphatic hydroxyl groups is 3. The van der Waals surface area contributed by atoms with Crippen LogP contribution >= 0.6 is 0 Å². The van der Waals surface area contributed by atoms with E-state index in [2.05, 4.69) is 13.2 Å². The molecule has 2 amide bonds. The highest BCUT2D eigenvalue weighted by Gasteiger charge is 2.17. The summed E-state index contributed by atoms with van der Waals surface area (Å²) in [6.07, 6.45) is -1.11. The van der Waals surface area contributed by atoms with Gasteiger partial charge in [0, 0.05) is 6.20 Å². The van der Waals surface area contributed by atoms with Crippen LogP contribution in [-0.2, 0) is 0 Å². The first kappa shape index (κ1) is 11.6. The van der Waals surface area contributed by atoms with Crippen molar-refractivity contribution in [3.63, 3.8) is 0 Å². The Balaban J connectivity index is 4.31. The fraction of sp³-hybridized carbons (Fsp3) is 0.286. The molecule has 1 unspecified atom stereocenters. The summed E-state index contributed by atoms with van der Waals surface area (Å²) in [7, 11) is 0. The van der Waals surface area contributed by atoms with Crippen molar-refractivity contribution in [3.05, 3.63) is 25.4 Å². The highest BCUT2D eigenvalue weighted by atomic mass is 16.5. The third-order valence-electron chi connectivity index (χ3n) is 1.18. The van der Waals surface area contributed by atoms with E-state index in [1.165, 1.54) is 0 Å². The summed E-state index contributed by atoms with van der Waals surface area (Å²) in [5.74, 6) is 0. The number of hydrogen-bond acceptors (Lipinski definition) is 4. The molecule has 0 bridgehead atoms. The second kappa shape index (κ2) is 5.31. The number of hydrogen-bond donors (Lipinski definition) is 4. The summed E-state index contributed by atoms with van der Waals surface area (Å²) in [6, 6.07) is -0.891. The van der Waals surface area contributed by atoms with Gasteiger partial charge in [-0.05, 0) is 6.08 Å². The molecule has 13 heavy (non-hydrogen) atoms. The van der Waals surface area contributed by atoms with Gasteiger partial charge in [-0.3, -0.25) is 10.2 Å². The molecule has 74 valence electrons. The second-order valence-corrected chi connectivity index (χ2v) is 2.06. The molecule has 4 N–H and O–H groups in total. The predicted molar refractivity (Wildman–Crippen MR) is 45.0 cm³/mol. The minimum absolute atomic E-state index is 0.742. The van der Waals surface area contributed by atoms with Gasteiger partial charge < -0.3 is 15.3 Å². The van der Waals surface area contributed by atoms with Crippen LogP contribution in [0.2, 0.25) is 0 Å². The van der Waals surface area contributed by atoms with Crippen molar-refractivity contribution in [2.75, 3.05) is 0 Å². The molecule has 0 aliphatic carbocycles. The summed E-state index contributed by atoms with van der Waals surface area (Å²) in [5.41, 5.74) is 0. The molecular formula is C7H12N2O4. The van der Waals surface area contributed by atoms with Crippen LogP contribution in [0.5, 0.6) is 0 Å². The van der Waals surface area contributed by atoms with Gasteiger partial charge in [0.15, 0.2) is 6.23 Å². The number of nitrogens with zero attached hydrogens (tertiary/aromatic N) is 1. The molecule has 0 aliphatic heterocycles. The molecule has 0 aromatic rings. The van der Waals surface area contributed by atoms with Crippen molar-refractivity contribution in [1.82, 2.24) is 10.2 Å². The summed E-state index contributed by atoms with van der Waals surface area (Å²) in [6.45, 7) is 6.50. The minimum Gasteiger partial charge on any atom is -0.369 e. The Hall–Kier alpha value is -1.37. The number of carbonyl (C=O) groups excluding carboxylic acids is 1. The lowest BCUT2D eigenvalue weighted by atomic mass is 10.5. The number of rotatable bonds is 4. The average Bonchev–Trinajstić information content (AvgIpc) is 2.03. The maximum absolute atomic E-state index is 11.0. The van der Waals surface area contributed by atoms with E-state index in [9.17, 15) is 4.79 Å². The van der Waals surface area contributed by atoms with Gasteiger partial charge in [0.25, 0.3) is 0 Å². The Bertz CT molecular complexity index is 205. The first-order chi connectivity index (χ1) is 6.02. The largest absolute Gasteiger partial charge is 0.369 e. The van der Waals surface area contributed by atoms with Crippen LogP contribution in [0.15, 0.2) is 25.4 Å². The standard InChI is InChI=1S/C7H12N2O4/c1-3-5(10)9(4-2)6(11)8-7(12)13/h3-5,7,10,12-13H,1-2H2,(H,8,11). The van der Waals surface area contributed by atoms with E-state index in [4.69, 9.17) is 15.3 Å². The van der Waals surface area contributed by atoms with Gasteiger partial charge in [-0.1, -0.05) is 13.2 Å². The molecule has 0 saturated carbocycles. The van der Waals surface area contributed by atoms with Gasteiger partial charge in [-0.25, -0.2) is 4.79 Å². The SMILES string of the molecule is C=CC(O)N(C=C)C(=O)NC(O)O. The molecule has 1 atom stereocenters. The molecular weight excluding hydrogens is 176 g/mol. The zero-order chi connectivity index (χ0) is 10.4. The number of carbonyl (C=O) groups is 1. The quantitative estimate of drug-likeness (QED) is 0.333. The lowest BCUT2D eigenvalue weighted by molar-refractivity contribution is -0.0595. The summed E-state index contributed by atoms with van der Waals surface area (Å²) in [4.78, 5) is 11.7. The van der Waals surface area contributed by atoms with Gasteiger partial charge in [-0.15, -0.1) is 0 Å². The highest BCUT2D eigenvalue weighted by molar-refractivity contribution is 5.75. The van der Waals surface area contributed by atoms with E-state index in [1.807, 2.05) is 0 Å². The van der Waals surface area contributed by atoms with Crippen LogP contribution in [0, 0.1) is 0 Å². The van der Waals surface area contributed by atoms with Crippen LogP contribution in [0.25, 0.3) is 0 Å². The molecule has 6 heteroatoms. The van der Waals surface area contributed by atoms with Gasteiger partial charge in [0.05, 0.1) is 0 Å². The Labute approximate surface area is 75.4 Å². The lowest BCUT2D eigenvalue weighted by Crippen LogP contribution is -2.46. The molecule has 0 rings (SSSR count). The second-order valence-electron chi connectivity index (χ2n) is 2.06. The number of urea groups is 1. The predicted octanol–water partition coefficient (Wildman–Crippen LogP) is -1.09. The third-order valence-corrected chi connectivity index (χ3v) is 1.18. The molecule has 0 fully saturated rings. The maximum Gasteiger partial charge on any atom is 0.327 e. The van der Waals surface area contributed by atoms with Crippen molar-refractivity contribution in [2.24, 2.45) is 0 Å². The van der Waals surface area contributed by atoms with Crippen LogP contribution in [0.3, 0.4) is 0 Å². The summed E-state index contributed by atoms with van der Waals surface area (Å²) in [5, 5.41) is 27.6. The number of nitrogens with one attached hydrogen (secondary N) is 1. The van der Waals surface area contributed by atoms with Crippen LogP contribution in [-0.4, -0.2) is 38.9 Å². The Morgan fingerprint density at radius 1 is 1.38 bits per heavy atom. The van der Waals surface area contributed by atoms with Crippen LogP contribution in [0.1, 0.15) is 0 Å². The van der Waals surface area contributed by atoms with E-state index in [0.29, 0.717) is 0 Å². The van der Waals surface area contributed by atoms with E-state index in [0.717, 1.165) is 17.2 Å². The van der Waals surface area contributed by atoms with Crippen molar-refractivity contribution in [1.29, 1.82) is 0 Å². The van der Waals surface area contributed by atoms with E-state index in [1.54, 1.807) is 5.32 Å². The molecule has 0 aromatic heterocycles. The van der Waals surface area contributed by atoms with Crippen molar-refractivity contribution >= 4 is 6.03 Å². The first-order valence-electron chi connectivity index (χ1n) is 3.41. The summed E-state index contributed by atoms with van der Waals surface area (Å²) < 4.78 is 0. The zero-order valence-electron chi connectivity index (χ0n) is 6.92. The fourth-order valence-electron chi connectivity index (χ4n) is 0.610. The lowest BCUT2D eigenvalue weighted by Gasteiger charge is -2.22. The molecule has 0 heterocycles. The Morgan fingerprint density at radius 3 is 2.23 bits per heavy atom. The highest BCUT2D eigenvalue weighted by Crippen LogP contribution is 1.98. The van der Waals surface area contributed by atoms with Crippen molar-refractivity contribution < 1.29 is 20.1 Å². The van der Waals surface area contributed by atoms with Crippen LogP contribution in [0.4, 0.5) is 4.79 Å². The normalized spacial score (nSPS) is 12.0. The maximum atomic E-state index is 11.0. The molecule has 0 aliphatic rings. The zero-order valence-corrected chi connectivity index (χ0v) is 6.92. The first-order valence-corrected chi connectivity index (χ1v) is 3.41. The average molecular weight is 188 g/mol. The van der Waals surface area contributed by atoms with Gasteiger partial charge in [0.2, 0.25) is 6.41 Å². The molecule has 0 saturated heterocycles. The van der Waals surface area contributed by atoms with Gasteiger partial charge in [0.1, 0.15) is 0 Å². The van der Waals surface area contributed by atoms with E-state index < -0.39 is 18.7 Å².